The minimum Gasteiger partial charge on any atom is -0.234 e. The van der Waals surface area contributed by atoms with E-state index in [0.717, 1.165) is 0 Å². The van der Waals surface area contributed by atoms with Crippen molar-refractivity contribution in [1.82, 2.24) is 4.98 Å². The van der Waals surface area contributed by atoms with E-state index in [9.17, 15) is 13.2 Å². The SMILES string of the molecule is Fc1cc(C(F)F)nc(Cl)c1I. The molecule has 0 aliphatic rings. The predicted molar refractivity (Wildman–Crippen MR) is 46.9 cm³/mol. The summed E-state index contributed by atoms with van der Waals surface area (Å²) in [6.07, 6.45) is -2.80. The fourth-order valence-electron chi connectivity index (χ4n) is 0.598. The molecule has 0 aliphatic heterocycles. The zero-order chi connectivity index (χ0) is 9.30. The fourth-order valence-corrected chi connectivity index (χ4v) is 1.06. The summed E-state index contributed by atoms with van der Waals surface area (Å²) in [5.74, 6) is -0.772. The number of nitrogens with zero attached hydrogens (tertiary/aromatic N) is 1. The number of hydrogen-bond donors (Lipinski definition) is 0. The van der Waals surface area contributed by atoms with E-state index in [-0.39, 0.29) is 8.72 Å². The average Bonchev–Trinajstić information content (AvgIpc) is 1.99. The van der Waals surface area contributed by atoms with Crippen molar-refractivity contribution in [3.8, 4) is 0 Å². The van der Waals surface area contributed by atoms with Gasteiger partial charge in [-0.25, -0.2) is 18.2 Å². The molecule has 0 amide bonds. The number of hydrogen-bond acceptors (Lipinski definition) is 1. The van der Waals surface area contributed by atoms with Crippen LogP contribution in [0.15, 0.2) is 6.07 Å². The molecule has 1 heterocycles. The second kappa shape index (κ2) is 3.78. The Balaban J connectivity index is 3.21. The van der Waals surface area contributed by atoms with Crippen molar-refractivity contribution in [1.29, 1.82) is 0 Å². The van der Waals surface area contributed by atoms with E-state index in [1.165, 1.54) is 0 Å². The number of pyridine rings is 1. The number of rotatable bonds is 1. The van der Waals surface area contributed by atoms with Gasteiger partial charge in [-0.2, -0.15) is 0 Å². The normalized spacial score (nSPS) is 10.8. The van der Waals surface area contributed by atoms with Crippen LogP contribution in [-0.4, -0.2) is 4.98 Å². The Labute approximate surface area is 85.1 Å². The first kappa shape index (κ1) is 10.0. The summed E-state index contributed by atoms with van der Waals surface area (Å²) < 4.78 is 36.7. The van der Waals surface area contributed by atoms with Gasteiger partial charge < -0.3 is 0 Å². The predicted octanol–water partition coefficient (Wildman–Crippen LogP) is 3.42. The molecule has 1 aromatic heterocycles. The van der Waals surface area contributed by atoms with Crippen LogP contribution in [0, 0.1) is 9.39 Å². The lowest BCUT2D eigenvalue weighted by atomic mass is 10.3. The molecule has 0 spiro atoms. The van der Waals surface area contributed by atoms with Gasteiger partial charge in [0.2, 0.25) is 0 Å². The molecule has 6 heteroatoms. The lowest BCUT2D eigenvalue weighted by Gasteiger charge is -2.01. The molecule has 12 heavy (non-hydrogen) atoms. The van der Waals surface area contributed by atoms with Crippen molar-refractivity contribution in [3.63, 3.8) is 0 Å². The first-order chi connectivity index (χ1) is 5.52. The van der Waals surface area contributed by atoms with E-state index in [2.05, 4.69) is 4.98 Å². The highest BCUT2D eigenvalue weighted by molar-refractivity contribution is 14.1. The average molecular weight is 307 g/mol. The minimum absolute atomic E-state index is 0.0543. The number of aromatic nitrogens is 1. The quantitative estimate of drug-likeness (QED) is 0.572. The van der Waals surface area contributed by atoms with Gasteiger partial charge in [0, 0.05) is 6.07 Å². The zero-order valence-corrected chi connectivity index (χ0v) is 8.41. The Morgan fingerprint density at radius 1 is 1.50 bits per heavy atom. The molecule has 0 aromatic carbocycles. The zero-order valence-electron chi connectivity index (χ0n) is 5.49. The van der Waals surface area contributed by atoms with Gasteiger partial charge in [-0.05, 0) is 22.6 Å². The van der Waals surface area contributed by atoms with Gasteiger partial charge in [0.15, 0.2) is 0 Å². The maximum Gasteiger partial charge on any atom is 0.280 e. The van der Waals surface area contributed by atoms with Gasteiger partial charge in [0.25, 0.3) is 6.43 Å². The van der Waals surface area contributed by atoms with Crippen molar-refractivity contribution < 1.29 is 13.2 Å². The first-order valence-corrected chi connectivity index (χ1v) is 4.27. The summed E-state index contributed by atoms with van der Waals surface area (Å²) >= 11 is 6.97. The monoisotopic (exact) mass is 307 g/mol. The molecule has 0 radical (unpaired) electrons. The summed E-state index contributed by atoms with van der Waals surface area (Å²) in [6.45, 7) is 0. The lowest BCUT2D eigenvalue weighted by molar-refractivity contribution is 0.145. The summed E-state index contributed by atoms with van der Waals surface area (Å²) in [5.41, 5.74) is -0.641. The molecule has 1 aromatic rings. The number of halogens is 5. The number of alkyl halides is 2. The van der Waals surface area contributed by atoms with Crippen molar-refractivity contribution in [2.75, 3.05) is 0 Å². The third kappa shape index (κ3) is 2.01. The third-order valence-corrected chi connectivity index (χ3v) is 2.73. The van der Waals surface area contributed by atoms with E-state index in [1.54, 1.807) is 22.6 Å². The Kier molecular flexibility index (Phi) is 3.16. The van der Waals surface area contributed by atoms with E-state index in [1.807, 2.05) is 0 Å². The molecule has 0 fully saturated rings. The largest absolute Gasteiger partial charge is 0.280 e. The molecule has 1 rings (SSSR count). The van der Waals surface area contributed by atoms with Crippen LogP contribution in [0.2, 0.25) is 5.15 Å². The highest BCUT2D eigenvalue weighted by atomic mass is 127. The standard InChI is InChI=1S/C6H2ClF3IN/c7-5-4(11)2(8)1-3(12-5)6(9)10/h1,6H. The van der Waals surface area contributed by atoms with Crippen LogP contribution in [0.25, 0.3) is 0 Å². The van der Waals surface area contributed by atoms with Gasteiger partial charge in [-0.1, -0.05) is 11.6 Å². The van der Waals surface area contributed by atoms with Gasteiger partial charge >= 0.3 is 0 Å². The van der Waals surface area contributed by atoms with Crippen LogP contribution in [0.1, 0.15) is 12.1 Å². The van der Waals surface area contributed by atoms with E-state index in [0.29, 0.717) is 6.07 Å². The van der Waals surface area contributed by atoms with Crippen LogP contribution in [-0.2, 0) is 0 Å². The summed E-state index contributed by atoms with van der Waals surface area (Å²) in [5, 5.41) is -0.231. The summed E-state index contributed by atoms with van der Waals surface area (Å²) in [4.78, 5) is 3.30. The first-order valence-electron chi connectivity index (χ1n) is 2.82. The van der Waals surface area contributed by atoms with E-state index >= 15 is 0 Å². The fraction of sp³-hybridized carbons (Fsp3) is 0.167. The Morgan fingerprint density at radius 3 is 2.50 bits per heavy atom. The molecule has 0 atom stereocenters. The van der Waals surface area contributed by atoms with Crippen molar-refractivity contribution >= 4 is 34.2 Å². The molecule has 0 unspecified atom stereocenters. The molecule has 66 valence electrons. The van der Waals surface area contributed by atoms with Crippen LogP contribution < -0.4 is 0 Å². The van der Waals surface area contributed by atoms with Crippen LogP contribution in [0.3, 0.4) is 0 Å². The van der Waals surface area contributed by atoms with Crippen LogP contribution >= 0.6 is 34.2 Å². The molecule has 1 nitrogen and oxygen atoms in total. The Morgan fingerprint density at radius 2 is 2.08 bits per heavy atom. The maximum atomic E-state index is 12.7. The molecule has 0 N–H and O–H groups in total. The van der Waals surface area contributed by atoms with Crippen LogP contribution in [0.4, 0.5) is 13.2 Å². The van der Waals surface area contributed by atoms with Gasteiger partial charge in [0.1, 0.15) is 16.7 Å². The smallest absolute Gasteiger partial charge is 0.234 e. The summed E-state index contributed by atoms with van der Waals surface area (Å²) in [7, 11) is 0. The van der Waals surface area contributed by atoms with Crippen molar-refractivity contribution in [3.05, 3.63) is 26.3 Å². The summed E-state index contributed by atoms with van der Waals surface area (Å²) in [6, 6.07) is 0.679. The van der Waals surface area contributed by atoms with Gasteiger partial charge in [-0.3, -0.25) is 0 Å². The third-order valence-electron chi connectivity index (χ3n) is 1.12. The highest BCUT2D eigenvalue weighted by Gasteiger charge is 2.14. The molecular weight excluding hydrogens is 305 g/mol. The topological polar surface area (TPSA) is 12.9 Å². The lowest BCUT2D eigenvalue weighted by Crippen LogP contribution is -1.95. The molecule has 0 bridgehead atoms. The van der Waals surface area contributed by atoms with Gasteiger partial charge in [0.05, 0.1) is 3.57 Å². The van der Waals surface area contributed by atoms with E-state index in [4.69, 9.17) is 11.6 Å². The minimum atomic E-state index is -2.80. The Bertz CT molecular complexity index is 282. The van der Waals surface area contributed by atoms with E-state index < -0.39 is 17.9 Å². The molecule has 0 aliphatic carbocycles. The molecule has 0 saturated heterocycles. The molecular formula is C6H2ClF3IN. The van der Waals surface area contributed by atoms with Gasteiger partial charge in [-0.15, -0.1) is 0 Å². The Hall–Kier alpha value is -0.0400. The van der Waals surface area contributed by atoms with Crippen molar-refractivity contribution in [2.45, 2.75) is 6.43 Å². The highest BCUT2D eigenvalue weighted by Crippen LogP contribution is 2.24. The molecule has 0 saturated carbocycles. The van der Waals surface area contributed by atoms with Crippen LogP contribution in [0.5, 0.6) is 0 Å². The second-order valence-corrected chi connectivity index (χ2v) is 3.37. The second-order valence-electron chi connectivity index (χ2n) is 1.93. The van der Waals surface area contributed by atoms with Crippen molar-refractivity contribution in [2.24, 2.45) is 0 Å². The maximum absolute atomic E-state index is 12.7.